The maximum atomic E-state index is 12.2. The molecule has 1 aliphatic carbocycles. The fourth-order valence-corrected chi connectivity index (χ4v) is 2.84. The van der Waals surface area contributed by atoms with Gasteiger partial charge in [-0.2, -0.15) is 0 Å². The molecular formula is C15H21Cl2N3O. The average molecular weight is 330 g/mol. The molecule has 0 unspecified atom stereocenters. The highest BCUT2D eigenvalue weighted by molar-refractivity contribution is 6.37. The van der Waals surface area contributed by atoms with E-state index in [-0.39, 0.29) is 5.91 Å². The van der Waals surface area contributed by atoms with Crippen LogP contribution in [0.3, 0.4) is 0 Å². The van der Waals surface area contributed by atoms with Crippen molar-refractivity contribution in [2.75, 3.05) is 24.1 Å². The van der Waals surface area contributed by atoms with Gasteiger partial charge in [0, 0.05) is 11.1 Å². The molecule has 116 valence electrons. The van der Waals surface area contributed by atoms with Gasteiger partial charge in [-0.1, -0.05) is 36.5 Å². The monoisotopic (exact) mass is 329 g/mol. The second kappa shape index (κ2) is 7.34. The van der Waals surface area contributed by atoms with E-state index in [4.69, 9.17) is 28.9 Å². The van der Waals surface area contributed by atoms with E-state index in [1.54, 1.807) is 12.1 Å². The molecule has 1 saturated carbocycles. The van der Waals surface area contributed by atoms with Crippen LogP contribution < -0.4 is 11.1 Å². The molecule has 0 aromatic heterocycles. The summed E-state index contributed by atoms with van der Waals surface area (Å²) >= 11 is 11.9. The Balaban J connectivity index is 1.97. The van der Waals surface area contributed by atoms with Crippen molar-refractivity contribution in [1.82, 2.24) is 4.90 Å². The van der Waals surface area contributed by atoms with E-state index < -0.39 is 0 Å². The first-order valence-electron chi connectivity index (χ1n) is 7.29. The Labute approximate surface area is 135 Å². The highest BCUT2D eigenvalue weighted by atomic mass is 35.5. The van der Waals surface area contributed by atoms with Gasteiger partial charge in [0.1, 0.15) is 0 Å². The van der Waals surface area contributed by atoms with Gasteiger partial charge in [-0.15, -0.1) is 0 Å². The van der Waals surface area contributed by atoms with Crippen molar-refractivity contribution in [2.24, 2.45) is 0 Å². The van der Waals surface area contributed by atoms with Crippen molar-refractivity contribution in [2.45, 2.75) is 38.6 Å². The number of rotatable bonds is 7. The number of hydrogen-bond donors (Lipinski definition) is 2. The number of halogens is 2. The van der Waals surface area contributed by atoms with Crippen LogP contribution in [-0.4, -0.2) is 29.9 Å². The number of nitrogens with zero attached hydrogens (tertiary/aromatic N) is 1. The van der Waals surface area contributed by atoms with E-state index in [0.29, 0.717) is 34.0 Å². The zero-order valence-corrected chi connectivity index (χ0v) is 13.7. The summed E-state index contributed by atoms with van der Waals surface area (Å²) in [6.07, 6.45) is 4.59. The van der Waals surface area contributed by atoms with Crippen LogP contribution in [0.2, 0.25) is 10.0 Å². The second-order valence-corrected chi connectivity index (χ2v) is 6.30. The minimum absolute atomic E-state index is 0.0890. The van der Waals surface area contributed by atoms with Crippen LogP contribution in [0.4, 0.5) is 11.4 Å². The SMILES string of the molecule is CCCCN(CC(=O)Nc1c(N)cc(Cl)cc1Cl)C1CC1. The van der Waals surface area contributed by atoms with Gasteiger partial charge in [0.2, 0.25) is 5.91 Å². The molecule has 0 saturated heterocycles. The molecule has 1 aromatic rings. The molecule has 3 N–H and O–H groups in total. The number of nitrogens with two attached hydrogens (primary N) is 1. The smallest absolute Gasteiger partial charge is 0.238 e. The van der Waals surface area contributed by atoms with Crippen LogP contribution >= 0.6 is 23.2 Å². The molecular weight excluding hydrogens is 309 g/mol. The molecule has 2 rings (SSSR count). The Morgan fingerprint density at radius 2 is 2.14 bits per heavy atom. The van der Waals surface area contributed by atoms with Crippen LogP contribution in [0.25, 0.3) is 0 Å². The van der Waals surface area contributed by atoms with Crippen LogP contribution in [-0.2, 0) is 4.79 Å². The van der Waals surface area contributed by atoms with E-state index in [1.807, 2.05) is 0 Å². The Hall–Kier alpha value is -0.970. The van der Waals surface area contributed by atoms with Gasteiger partial charge in [-0.25, -0.2) is 0 Å². The zero-order chi connectivity index (χ0) is 15.4. The number of unbranched alkanes of at least 4 members (excludes halogenated alkanes) is 1. The summed E-state index contributed by atoms with van der Waals surface area (Å²) in [5.74, 6) is -0.0890. The predicted octanol–water partition coefficient (Wildman–Crippen LogP) is 3.78. The van der Waals surface area contributed by atoms with Gasteiger partial charge in [0.25, 0.3) is 0 Å². The number of anilines is 2. The summed E-state index contributed by atoms with van der Waals surface area (Å²) < 4.78 is 0. The molecule has 0 atom stereocenters. The van der Waals surface area contributed by atoms with Crippen molar-refractivity contribution in [3.05, 3.63) is 22.2 Å². The molecule has 0 radical (unpaired) electrons. The number of nitrogen functional groups attached to an aromatic ring is 1. The highest BCUT2D eigenvalue weighted by Gasteiger charge is 2.29. The number of nitrogens with one attached hydrogen (secondary N) is 1. The summed E-state index contributed by atoms with van der Waals surface area (Å²) in [7, 11) is 0. The minimum atomic E-state index is -0.0890. The quantitative estimate of drug-likeness (QED) is 0.748. The van der Waals surface area contributed by atoms with Gasteiger partial charge in [-0.05, 0) is 37.9 Å². The lowest BCUT2D eigenvalue weighted by Crippen LogP contribution is -2.35. The fraction of sp³-hybridized carbons (Fsp3) is 0.533. The third-order valence-electron chi connectivity index (χ3n) is 3.56. The number of carbonyl (C=O) groups excluding carboxylic acids is 1. The zero-order valence-electron chi connectivity index (χ0n) is 12.2. The third-order valence-corrected chi connectivity index (χ3v) is 4.08. The molecule has 0 bridgehead atoms. The molecule has 1 amide bonds. The summed E-state index contributed by atoms with van der Waals surface area (Å²) in [4.78, 5) is 14.4. The van der Waals surface area contributed by atoms with Crippen molar-refractivity contribution in [3.8, 4) is 0 Å². The van der Waals surface area contributed by atoms with Crippen molar-refractivity contribution < 1.29 is 4.79 Å². The fourth-order valence-electron chi connectivity index (χ4n) is 2.28. The van der Waals surface area contributed by atoms with Crippen molar-refractivity contribution in [3.63, 3.8) is 0 Å². The molecule has 21 heavy (non-hydrogen) atoms. The lowest BCUT2D eigenvalue weighted by molar-refractivity contribution is -0.117. The molecule has 6 heteroatoms. The van der Waals surface area contributed by atoms with Crippen molar-refractivity contribution in [1.29, 1.82) is 0 Å². The Kier molecular flexibility index (Phi) is 5.73. The van der Waals surface area contributed by atoms with Crippen molar-refractivity contribution >= 4 is 40.5 Å². The molecule has 0 spiro atoms. The lowest BCUT2D eigenvalue weighted by atomic mass is 10.2. The normalized spacial score (nSPS) is 14.5. The summed E-state index contributed by atoms with van der Waals surface area (Å²) in [6, 6.07) is 3.71. The molecule has 1 fully saturated rings. The largest absolute Gasteiger partial charge is 0.397 e. The summed E-state index contributed by atoms with van der Waals surface area (Å²) in [5, 5.41) is 3.62. The van der Waals surface area contributed by atoms with E-state index >= 15 is 0 Å². The standard InChI is InChI=1S/C15H21Cl2N3O/c1-2-3-6-20(11-4-5-11)9-14(21)19-15-12(17)7-10(16)8-13(15)18/h7-8,11H,2-6,9,18H2,1H3,(H,19,21). The van der Waals surface area contributed by atoms with Gasteiger partial charge in [0.15, 0.2) is 0 Å². The molecule has 1 aromatic carbocycles. The van der Waals surface area contributed by atoms with Crippen LogP contribution in [0.5, 0.6) is 0 Å². The lowest BCUT2D eigenvalue weighted by Gasteiger charge is -2.21. The van der Waals surface area contributed by atoms with Crippen LogP contribution in [0.1, 0.15) is 32.6 Å². The topological polar surface area (TPSA) is 58.4 Å². The number of hydrogen-bond acceptors (Lipinski definition) is 3. The summed E-state index contributed by atoms with van der Waals surface area (Å²) in [5.41, 5.74) is 6.68. The number of amides is 1. The Bertz CT molecular complexity index is 495. The van der Waals surface area contributed by atoms with E-state index in [2.05, 4.69) is 17.1 Å². The second-order valence-electron chi connectivity index (χ2n) is 5.46. The average Bonchev–Trinajstić information content (AvgIpc) is 3.23. The van der Waals surface area contributed by atoms with E-state index in [9.17, 15) is 4.79 Å². The first kappa shape index (κ1) is 16.4. The van der Waals surface area contributed by atoms with Gasteiger partial charge in [-0.3, -0.25) is 9.69 Å². The maximum Gasteiger partial charge on any atom is 0.238 e. The third kappa shape index (κ3) is 4.77. The van der Waals surface area contributed by atoms with Crippen LogP contribution in [0, 0.1) is 0 Å². The van der Waals surface area contributed by atoms with E-state index in [1.165, 1.54) is 12.8 Å². The predicted molar refractivity (Wildman–Crippen MR) is 89.0 cm³/mol. The van der Waals surface area contributed by atoms with Gasteiger partial charge >= 0.3 is 0 Å². The molecule has 0 heterocycles. The van der Waals surface area contributed by atoms with E-state index in [0.717, 1.165) is 19.4 Å². The highest BCUT2D eigenvalue weighted by Crippen LogP contribution is 2.32. The Morgan fingerprint density at radius 3 is 2.71 bits per heavy atom. The minimum Gasteiger partial charge on any atom is -0.397 e. The number of benzene rings is 1. The first-order chi connectivity index (χ1) is 10.0. The first-order valence-corrected chi connectivity index (χ1v) is 8.05. The Morgan fingerprint density at radius 1 is 1.43 bits per heavy atom. The molecule has 0 aliphatic heterocycles. The number of carbonyl (C=O) groups is 1. The van der Waals surface area contributed by atoms with Crippen LogP contribution in [0.15, 0.2) is 12.1 Å². The summed E-state index contributed by atoms with van der Waals surface area (Å²) in [6.45, 7) is 3.49. The van der Waals surface area contributed by atoms with Gasteiger partial charge in [0.05, 0.1) is 22.9 Å². The maximum absolute atomic E-state index is 12.2. The molecule has 1 aliphatic rings. The molecule has 4 nitrogen and oxygen atoms in total. The van der Waals surface area contributed by atoms with Gasteiger partial charge < -0.3 is 11.1 Å².